The summed E-state index contributed by atoms with van der Waals surface area (Å²) in [6.45, 7) is 7.84. The Balaban J connectivity index is 0.00000264. The first-order valence-corrected chi connectivity index (χ1v) is 8.33. The Hall–Kier alpha value is -1.10. The molecule has 0 radical (unpaired) electrons. The number of piperidine rings is 1. The fourth-order valence-corrected chi connectivity index (χ4v) is 2.75. The van der Waals surface area contributed by atoms with Crippen molar-refractivity contribution >= 4 is 18.3 Å². The third-order valence-electron chi connectivity index (χ3n) is 4.58. The van der Waals surface area contributed by atoms with Crippen LogP contribution >= 0.6 is 12.4 Å². The molecule has 2 N–H and O–H groups in total. The highest BCUT2D eigenvalue weighted by Gasteiger charge is 2.20. The molecule has 1 aliphatic heterocycles. The Morgan fingerprint density at radius 1 is 1.26 bits per heavy atom. The smallest absolute Gasteiger partial charge is 0.223 e. The van der Waals surface area contributed by atoms with Crippen LogP contribution in [-0.4, -0.2) is 37.0 Å². The molecule has 1 amide bonds. The van der Waals surface area contributed by atoms with Gasteiger partial charge in [0.15, 0.2) is 0 Å². The SMILES string of the molecule is CC(C)N(C)Cc1ccccc1CNC(=O)C1CCNCC1.Cl. The highest BCUT2D eigenvalue weighted by molar-refractivity contribution is 5.85. The minimum absolute atomic E-state index is 0. The normalized spacial score (nSPS) is 15.5. The lowest BCUT2D eigenvalue weighted by Crippen LogP contribution is -2.38. The first-order valence-electron chi connectivity index (χ1n) is 8.33. The fourth-order valence-electron chi connectivity index (χ4n) is 2.75. The second-order valence-electron chi connectivity index (χ2n) is 6.52. The van der Waals surface area contributed by atoms with E-state index >= 15 is 0 Å². The van der Waals surface area contributed by atoms with Crippen LogP contribution in [0.15, 0.2) is 24.3 Å². The highest BCUT2D eigenvalue weighted by atomic mass is 35.5. The number of hydrogen-bond donors (Lipinski definition) is 2. The number of halogens is 1. The van der Waals surface area contributed by atoms with Crippen molar-refractivity contribution in [3.05, 3.63) is 35.4 Å². The first kappa shape index (κ1) is 19.9. The third kappa shape index (κ3) is 6.13. The zero-order valence-electron chi connectivity index (χ0n) is 14.5. The number of amides is 1. The van der Waals surface area contributed by atoms with Gasteiger partial charge in [-0.1, -0.05) is 24.3 Å². The molecule has 1 aromatic carbocycles. The number of carbonyl (C=O) groups excluding carboxylic acids is 1. The van der Waals surface area contributed by atoms with Crippen LogP contribution in [0.5, 0.6) is 0 Å². The van der Waals surface area contributed by atoms with E-state index in [9.17, 15) is 4.79 Å². The minimum atomic E-state index is 0. The molecule has 0 bridgehead atoms. The number of nitrogens with zero attached hydrogens (tertiary/aromatic N) is 1. The maximum Gasteiger partial charge on any atom is 0.223 e. The summed E-state index contributed by atoms with van der Waals surface area (Å²) in [5.41, 5.74) is 2.52. The van der Waals surface area contributed by atoms with Gasteiger partial charge in [-0.3, -0.25) is 9.69 Å². The largest absolute Gasteiger partial charge is 0.352 e. The van der Waals surface area contributed by atoms with E-state index in [0.717, 1.165) is 32.5 Å². The molecular formula is C18H30ClN3O. The van der Waals surface area contributed by atoms with Gasteiger partial charge in [-0.05, 0) is 58.0 Å². The van der Waals surface area contributed by atoms with Crippen LogP contribution < -0.4 is 10.6 Å². The first-order chi connectivity index (χ1) is 10.6. The molecule has 130 valence electrons. The molecule has 0 aromatic heterocycles. The van der Waals surface area contributed by atoms with E-state index in [0.29, 0.717) is 12.6 Å². The Labute approximate surface area is 146 Å². The van der Waals surface area contributed by atoms with Crippen molar-refractivity contribution < 1.29 is 4.79 Å². The van der Waals surface area contributed by atoms with Crippen LogP contribution in [0, 0.1) is 5.92 Å². The van der Waals surface area contributed by atoms with E-state index in [1.165, 1.54) is 11.1 Å². The Kier molecular flexibility index (Phi) is 8.59. The van der Waals surface area contributed by atoms with Crippen LogP contribution in [0.4, 0.5) is 0 Å². The Morgan fingerprint density at radius 2 is 1.87 bits per heavy atom. The van der Waals surface area contributed by atoms with E-state index in [2.05, 4.69) is 54.6 Å². The summed E-state index contributed by atoms with van der Waals surface area (Å²) in [6.07, 6.45) is 1.90. The fraction of sp³-hybridized carbons (Fsp3) is 0.611. The molecule has 0 saturated carbocycles. The summed E-state index contributed by atoms with van der Waals surface area (Å²) < 4.78 is 0. The van der Waals surface area contributed by atoms with E-state index in [4.69, 9.17) is 0 Å². The van der Waals surface area contributed by atoms with Crippen molar-refractivity contribution in [3.8, 4) is 0 Å². The molecule has 2 rings (SSSR count). The van der Waals surface area contributed by atoms with Gasteiger partial charge in [0.1, 0.15) is 0 Å². The summed E-state index contributed by atoms with van der Waals surface area (Å²) >= 11 is 0. The standard InChI is InChI=1S/C18H29N3O.ClH/c1-14(2)21(3)13-17-7-5-4-6-16(17)12-20-18(22)15-8-10-19-11-9-15;/h4-7,14-15,19H,8-13H2,1-3H3,(H,20,22);1H. The molecule has 4 nitrogen and oxygen atoms in total. The van der Waals surface area contributed by atoms with Crippen LogP contribution in [-0.2, 0) is 17.9 Å². The molecular weight excluding hydrogens is 310 g/mol. The molecule has 5 heteroatoms. The molecule has 23 heavy (non-hydrogen) atoms. The monoisotopic (exact) mass is 339 g/mol. The van der Waals surface area contributed by atoms with Crippen LogP contribution in [0.25, 0.3) is 0 Å². The maximum absolute atomic E-state index is 12.3. The zero-order valence-corrected chi connectivity index (χ0v) is 15.3. The second-order valence-corrected chi connectivity index (χ2v) is 6.52. The van der Waals surface area contributed by atoms with Gasteiger partial charge in [-0.25, -0.2) is 0 Å². The lowest BCUT2D eigenvalue weighted by atomic mass is 9.97. The summed E-state index contributed by atoms with van der Waals surface area (Å²) in [6, 6.07) is 8.90. The van der Waals surface area contributed by atoms with E-state index < -0.39 is 0 Å². The molecule has 1 aromatic rings. The van der Waals surface area contributed by atoms with Gasteiger partial charge in [-0.2, -0.15) is 0 Å². The number of rotatable bonds is 6. The molecule has 0 unspecified atom stereocenters. The van der Waals surface area contributed by atoms with Crippen molar-refractivity contribution in [1.82, 2.24) is 15.5 Å². The van der Waals surface area contributed by atoms with Gasteiger partial charge in [0.25, 0.3) is 0 Å². The van der Waals surface area contributed by atoms with Crippen molar-refractivity contribution in [2.75, 3.05) is 20.1 Å². The van der Waals surface area contributed by atoms with Crippen LogP contribution in [0.3, 0.4) is 0 Å². The van der Waals surface area contributed by atoms with Crippen molar-refractivity contribution in [2.45, 2.75) is 45.8 Å². The number of carbonyl (C=O) groups is 1. The molecule has 1 aliphatic rings. The predicted molar refractivity (Wildman–Crippen MR) is 97.7 cm³/mol. The molecule has 1 saturated heterocycles. The van der Waals surface area contributed by atoms with E-state index in [1.807, 2.05) is 6.07 Å². The third-order valence-corrected chi connectivity index (χ3v) is 4.58. The van der Waals surface area contributed by atoms with E-state index in [-0.39, 0.29) is 24.2 Å². The lowest BCUT2D eigenvalue weighted by molar-refractivity contribution is -0.125. The molecule has 0 spiro atoms. The van der Waals surface area contributed by atoms with Gasteiger partial charge < -0.3 is 10.6 Å². The summed E-state index contributed by atoms with van der Waals surface area (Å²) in [7, 11) is 2.13. The zero-order chi connectivity index (χ0) is 15.9. The number of nitrogens with one attached hydrogen (secondary N) is 2. The Morgan fingerprint density at radius 3 is 2.48 bits per heavy atom. The summed E-state index contributed by atoms with van der Waals surface area (Å²) in [4.78, 5) is 14.6. The van der Waals surface area contributed by atoms with Gasteiger partial charge in [0.2, 0.25) is 5.91 Å². The average Bonchev–Trinajstić information content (AvgIpc) is 2.54. The number of hydrogen-bond acceptors (Lipinski definition) is 3. The van der Waals surface area contributed by atoms with Crippen molar-refractivity contribution in [1.29, 1.82) is 0 Å². The van der Waals surface area contributed by atoms with Crippen LogP contribution in [0.1, 0.15) is 37.8 Å². The van der Waals surface area contributed by atoms with Gasteiger partial charge in [-0.15, -0.1) is 12.4 Å². The van der Waals surface area contributed by atoms with Gasteiger partial charge >= 0.3 is 0 Å². The van der Waals surface area contributed by atoms with Crippen molar-refractivity contribution in [2.24, 2.45) is 5.92 Å². The lowest BCUT2D eigenvalue weighted by Gasteiger charge is -2.24. The predicted octanol–water partition coefficient (Wildman–Crippen LogP) is 2.56. The van der Waals surface area contributed by atoms with Crippen molar-refractivity contribution in [3.63, 3.8) is 0 Å². The Bertz CT molecular complexity index is 487. The number of benzene rings is 1. The molecule has 1 heterocycles. The van der Waals surface area contributed by atoms with E-state index in [1.54, 1.807) is 0 Å². The molecule has 0 aliphatic carbocycles. The quantitative estimate of drug-likeness (QED) is 0.837. The summed E-state index contributed by atoms with van der Waals surface area (Å²) in [5, 5.41) is 6.43. The summed E-state index contributed by atoms with van der Waals surface area (Å²) in [5.74, 6) is 0.375. The second kappa shape index (κ2) is 9.91. The average molecular weight is 340 g/mol. The minimum Gasteiger partial charge on any atom is -0.352 e. The highest BCUT2D eigenvalue weighted by Crippen LogP contribution is 2.14. The maximum atomic E-state index is 12.3. The van der Waals surface area contributed by atoms with Crippen LogP contribution in [0.2, 0.25) is 0 Å². The molecule has 1 fully saturated rings. The van der Waals surface area contributed by atoms with Gasteiger partial charge in [0.05, 0.1) is 0 Å². The topological polar surface area (TPSA) is 44.4 Å². The molecule has 0 atom stereocenters. The van der Waals surface area contributed by atoms with Gasteiger partial charge in [0, 0.05) is 25.0 Å².